The molecule has 0 saturated carbocycles. The van der Waals surface area contributed by atoms with E-state index >= 15 is 0 Å². The van der Waals surface area contributed by atoms with E-state index in [9.17, 15) is 14.4 Å². The minimum atomic E-state index is -2.79. The first-order valence-electron chi connectivity index (χ1n) is 19.1. The third-order valence-corrected chi connectivity index (χ3v) is 15.6. The highest BCUT2D eigenvalue weighted by Crippen LogP contribution is 2.49. The molecular formula is C44H63NO10Si. The predicted octanol–water partition coefficient (Wildman–Crippen LogP) is 11.2. The lowest BCUT2D eigenvalue weighted by atomic mass is 9.91. The Labute approximate surface area is 335 Å². The van der Waals surface area contributed by atoms with Gasteiger partial charge < -0.3 is 32.8 Å². The molecule has 0 radical (unpaired) electrons. The van der Waals surface area contributed by atoms with Crippen molar-refractivity contribution < 1.29 is 47.2 Å². The van der Waals surface area contributed by atoms with Crippen LogP contribution in [0.25, 0.3) is 11.1 Å². The smallest absolute Gasteiger partial charge is 0.419 e. The van der Waals surface area contributed by atoms with Gasteiger partial charge in [-0.25, -0.2) is 14.5 Å². The highest BCUT2D eigenvalue weighted by molar-refractivity contribution is 6.77. The van der Waals surface area contributed by atoms with E-state index in [4.69, 9.17) is 32.8 Å². The maximum absolute atomic E-state index is 14.0. The van der Waals surface area contributed by atoms with E-state index in [0.29, 0.717) is 45.3 Å². The molecule has 0 saturated heterocycles. The van der Waals surface area contributed by atoms with Crippen LogP contribution in [-0.4, -0.2) is 70.8 Å². The summed E-state index contributed by atoms with van der Waals surface area (Å²) >= 11 is 0. The molecule has 3 rings (SSSR count). The quantitative estimate of drug-likeness (QED) is 0.102. The summed E-state index contributed by atoms with van der Waals surface area (Å²) in [5.74, 6) is 1.54. The number of rotatable bonds is 16. The molecular weight excluding hydrogens is 731 g/mol. The fourth-order valence-electron chi connectivity index (χ4n) is 7.19. The second kappa shape index (κ2) is 19.1. The number of amides is 2. The first kappa shape index (κ1) is 45.8. The molecule has 1 atom stereocenters. The van der Waals surface area contributed by atoms with E-state index in [2.05, 4.69) is 41.5 Å². The Bertz CT molecular complexity index is 1740. The standard InChI is InChI=1S/C44H63NO10Si/c1-28(2)56(29(3)4,30(5)6)55-40(25-45(41(47)53-43(7,8)9)42(48)54-44(10,11)12)35-24-37(50-14)36(49-13)23-34(35)33-22-38(51-15)39(21-32(33)26-46)52-27-31-19-17-16-18-20-31/h16-24,26,28-30,40H,25,27H2,1-15H3/t40-/m1/s1. The van der Waals surface area contributed by atoms with Gasteiger partial charge in [-0.1, -0.05) is 71.9 Å². The molecule has 0 bridgehead atoms. The first-order chi connectivity index (χ1) is 26.1. The maximum Gasteiger partial charge on any atom is 0.419 e. The Morgan fingerprint density at radius 2 is 1.14 bits per heavy atom. The van der Waals surface area contributed by atoms with Crippen LogP contribution in [-0.2, 0) is 20.5 Å². The van der Waals surface area contributed by atoms with E-state index in [1.807, 2.05) is 30.3 Å². The molecule has 0 fully saturated rings. The molecule has 0 spiro atoms. The molecule has 0 aliphatic rings. The highest BCUT2D eigenvalue weighted by Gasteiger charge is 2.48. The summed E-state index contributed by atoms with van der Waals surface area (Å²) in [5, 5.41) is 0. The van der Waals surface area contributed by atoms with Crippen LogP contribution in [0.2, 0.25) is 16.6 Å². The Morgan fingerprint density at radius 3 is 1.59 bits per heavy atom. The molecule has 0 N–H and O–H groups in total. The van der Waals surface area contributed by atoms with Crippen LogP contribution in [0.4, 0.5) is 9.59 Å². The molecule has 12 heteroatoms. The van der Waals surface area contributed by atoms with Crippen molar-refractivity contribution in [2.75, 3.05) is 27.9 Å². The highest BCUT2D eigenvalue weighted by atomic mass is 28.4. The van der Waals surface area contributed by atoms with Gasteiger partial charge in [-0.3, -0.25) is 4.79 Å². The average molecular weight is 794 g/mol. The maximum atomic E-state index is 14.0. The number of methoxy groups -OCH3 is 3. The summed E-state index contributed by atoms with van der Waals surface area (Å²) in [4.78, 5) is 42.0. The molecule has 0 aromatic heterocycles. The van der Waals surface area contributed by atoms with E-state index in [1.54, 1.807) is 65.8 Å². The topological polar surface area (TPSA) is 119 Å². The predicted molar refractivity (Wildman–Crippen MR) is 222 cm³/mol. The molecule has 0 aliphatic heterocycles. The van der Waals surface area contributed by atoms with Crippen molar-refractivity contribution in [2.24, 2.45) is 0 Å². The van der Waals surface area contributed by atoms with Crippen molar-refractivity contribution in [3.63, 3.8) is 0 Å². The van der Waals surface area contributed by atoms with E-state index in [-0.39, 0.29) is 29.8 Å². The van der Waals surface area contributed by atoms with Crippen LogP contribution >= 0.6 is 0 Å². The van der Waals surface area contributed by atoms with Crippen LogP contribution in [0.5, 0.6) is 23.0 Å². The number of benzene rings is 3. The molecule has 0 unspecified atom stereocenters. The SMILES string of the molecule is COc1cc(-c2cc(OC)c(OCc3ccccc3)cc2C=O)c([C@@H](CN(C(=O)OC(C)(C)C)C(=O)OC(C)(C)C)O[Si](C(C)C)(C(C)C)C(C)C)cc1OC. The molecule has 3 aromatic carbocycles. The molecule has 2 amide bonds. The number of ether oxygens (including phenoxy) is 6. The van der Waals surface area contributed by atoms with Crippen molar-refractivity contribution in [1.29, 1.82) is 0 Å². The van der Waals surface area contributed by atoms with Gasteiger partial charge >= 0.3 is 12.2 Å². The molecule has 11 nitrogen and oxygen atoms in total. The number of hydrogen-bond donors (Lipinski definition) is 0. The second-order valence-electron chi connectivity index (χ2n) is 16.8. The zero-order valence-electron chi connectivity index (χ0n) is 36.0. The molecule has 3 aromatic rings. The number of hydrogen-bond acceptors (Lipinski definition) is 10. The van der Waals surface area contributed by atoms with Crippen LogP contribution in [0.15, 0.2) is 54.6 Å². The fourth-order valence-corrected chi connectivity index (χ4v) is 12.7. The van der Waals surface area contributed by atoms with Gasteiger partial charge in [-0.15, -0.1) is 0 Å². The minimum absolute atomic E-state index is 0.122. The molecule has 56 heavy (non-hydrogen) atoms. The number of nitrogens with zero attached hydrogens (tertiary/aromatic N) is 1. The van der Waals surface area contributed by atoms with Gasteiger partial charge in [0.2, 0.25) is 8.32 Å². The van der Waals surface area contributed by atoms with Crippen molar-refractivity contribution in [3.05, 3.63) is 71.3 Å². The minimum Gasteiger partial charge on any atom is -0.493 e. The van der Waals surface area contributed by atoms with Gasteiger partial charge in [-0.2, -0.15) is 0 Å². The number of carbonyl (C=O) groups is 3. The lowest BCUT2D eigenvalue weighted by Crippen LogP contribution is -2.51. The Balaban J connectivity index is 2.44. The fraction of sp³-hybridized carbons (Fsp3) is 0.523. The zero-order chi connectivity index (χ0) is 42.2. The summed E-state index contributed by atoms with van der Waals surface area (Å²) in [7, 11) is 1.80. The normalized spacial score (nSPS) is 12.7. The van der Waals surface area contributed by atoms with Gasteiger partial charge in [0.05, 0.1) is 34.0 Å². The van der Waals surface area contributed by atoms with Crippen LogP contribution in [0.3, 0.4) is 0 Å². The van der Waals surface area contributed by atoms with E-state index in [0.717, 1.165) is 16.7 Å². The van der Waals surface area contributed by atoms with E-state index in [1.165, 1.54) is 21.3 Å². The van der Waals surface area contributed by atoms with Crippen LogP contribution in [0, 0.1) is 0 Å². The van der Waals surface area contributed by atoms with Gasteiger partial charge in [0.25, 0.3) is 0 Å². The largest absolute Gasteiger partial charge is 0.493 e. The van der Waals surface area contributed by atoms with E-state index < -0.39 is 37.8 Å². The number of carbonyl (C=O) groups excluding carboxylic acids is 3. The van der Waals surface area contributed by atoms with Gasteiger partial charge in [0.1, 0.15) is 17.8 Å². The van der Waals surface area contributed by atoms with Gasteiger partial charge in [-0.05, 0) is 105 Å². The van der Waals surface area contributed by atoms with Crippen LogP contribution < -0.4 is 18.9 Å². The first-order valence-corrected chi connectivity index (χ1v) is 21.3. The Morgan fingerprint density at radius 1 is 0.679 bits per heavy atom. The number of aldehydes is 1. The third kappa shape index (κ3) is 11.3. The molecule has 0 heterocycles. The third-order valence-electron chi connectivity index (χ3n) is 9.52. The van der Waals surface area contributed by atoms with Crippen molar-refractivity contribution in [2.45, 2.75) is 124 Å². The summed E-state index contributed by atoms with van der Waals surface area (Å²) in [6, 6.07) is 16.6. The monoisotopic (exact) mass is 793 g/mol. The average Bonchev–Trinajstić information content (AvgIpc) is 3.11. The summed E-state index contributed by atoms with van der Waals surface area (Å²) in [5.41, 5.74) is 1.34. The van der Waals surface area contributed by atoms with Crippen LogP contribution in [0.1, 0.15) is 111 Å². The lowest BCUT2D eigenvalue weighted by Gasteiger charge is -2.45. The summed E-state index contributed by atoms with van der Waals surface area (Å²) in [6.45, 7) is 23.3. The zero-order valence-corrected chi connectivity index (χ0v) is 37.0. The summed E-state index contributed by atoms with van der Waals surface area (Å²) < 4.78 is 42.8. The summed E-state index contributed by atoms with van der Waals surface area (Å²) in [6.07, 6.45) is -1.97. The Hall–Kier alpha value is -4.55. The Kier molecular flexibility index (Phi) is 15.6. The molecule has 308 valence electrons. The second-order valence-corrected chi connectivity index (χ2v) is 22.2. The van der Waals surface area contributed by atoms with Crippen molar-refractivity contribution in [3.8, 4) is 34.1 Å². The van der Waals surface area contributed by atoms with Crippen molar-refractivity contribution in [1.82, 2.24) is 4.90 Å². The van der Waals surface area contributed by atoms with Crippen molar-refractivity contribution >= 4 is 26.8 Å². The van der Waals surface area contributed by atoms with Gasteiger partial charge in [0.15, 0.2) is 29.3 Å². The molecule has 0 aliphatic carbocycles. The van der Waals surface area contributed by atoms with Gasteiger partial charge in [0, 0.05) is 5.56 Å². The number of imide groups is 1. The lowest BCUT2D eigenvalue weighted by molar-refractivity contribution is -0.00691.